The molecule has 0 aliphatic carbocycles. The summed E-state index contributed by atoms with van der Waals surface area (Å²) in [5, 5.41) is 7.23. The molecule has 0 heterocycles. The van der Waals surface area contributed by atoms with Gasteiger partial charge in [0.05, 0.1) is 0 Å². The van der Waals surface area contributed by atoms with Crippen molar-refractivity contribution in [3.05, 3.63) is 0 Å². The lowest BCUT2D eigenvalue weighted by molar-refractivity contribution is 0.626. The summed E-state index contributed by atoms with van der Waals surface area (Å²) in [4.78, 5) is 0. The zero-order chi connectivity index (χ0) is 10.8. The first-order valence-electron chi connectivity index (χ1n) is 5.21. The van der Waals surface area contributed by atoms with Crippen LogP contribution in [0.3, 0.4) is 0 Å². The van der Waals surface area contributed by atoms with Crippen molar-refractivity contribution in [1.29, 1.82) is 0 Å². The molecule has 2 nitrogen and oxygen atoms in total. The fraction of sp³-hybridized carbons (Fsp3) is 0.900. The van der Waals surface area contributed by atoms with Gasteiger partial charge >= 0.3 is 0 Å². The van der Waals surface area contributed by atoms with Crippen molar-refractivity contribution in [3.63, 3.8) is 0 Å². The summed E-state index contributed by atoms with van der Waals surface area (Å²) in [5.74, 6) is 1.86. The number of thioether (sulfide) groups is 1. The number of rotatable bonds is 7. The van der Waals surface area contributed by atoms with E-state index in [0.29, 0.717) is 5.92 Å². The van der Waals surface area contributed by atoms with Crippen LogP contribution in [0, 0.1) is 5.92 Å². The standard InChI is InChI=1S/C10H22N2S2/c1-4-5-6-11-10(13)12-7-9(2)8-14-3/h9H,4-8H2,1-3H3,(H2,11,12,13). The highest BCUT2D eigenvalue weighted by molar-refractivity contribution is 7.98. The van der Waals surface area contributed by atoms with Gasteiger partial charge in [0.25, 0.3) is 0 Å². The van der Waals surface area contributed by atoms with Crippen LogP contribution in [0.15, 0.2) is 0 Å². The summed E-state index contributed by atoms with van der Waals surface area (Å²) in [5.41, 5.74) is 0. The van der Waals surface area contributed by atoms with E-state index >= 15 is 0 Å². The maximum Gasteiger partial charge on any atom is 0.166 e. The molecule has 1 atom stereocenters. The number of nitrogens with one attached hydrogen (secondary N) is 2. The van der Waals surface area contributed by atoms with Crippen molar-refractivity contribution >= 4 is 29.1 Å². The van der Waals surface area contributed by atoms with E-state index < -0.39 is 0 Å². The Hall–Kier alpha value is 0.0400. The van der Waals surface area contributed by atoms with E-state index in [-0.39, 0.29) is 0 Å². The fourth-order valence-corrected chi connectivity index (χ4v) is 1.92. The SMILES string of the molecule is CCCCNC(=S)NCC(C)CSC. The van der Waals surface area contributed by atoms with E-state index in [1.807, 2.05) is 11.8 Å². The van der Waals surface area contributed by atoms with Gasteiger partial charge in [-0.3, -0.25) is 0 Å². The van der Waals surface area contributed by atoms with Gasteiger partial charge in [0.1, 0.15) is 0 Å². The van der Waals surface area contributed by atoms with Crippen LogP contribution >= 0.6 is 24.0 Å². The molecule has 0 aromatic rings. The van der Waals surface area contributed by atoms with Crippen LogP contribution in [0.4, 0.5) is 0 Å². The Bertz CT molecular complexity index is 151. The Labute approximate surface area is 97.6 Å². The second kappa shape index (κ2) is 9.59. The fourth-order valence-electron chi connectivity index (χ4n) is 1.05. The predicted octanol–water partition coefficient (Wildman–Crippen LogP) is 2.25. The van der Waals surface area contributed by atoms with Crippen LogP contribution in [-0.2, 0) is 0 Å². The van der Waals surface area contributed by atoms with Gasteiger partial charge in [0.15, 0.2) is 5.11 Å². The second-order valence-electron chi connectivity index (χ2n) is 3.55. The van der Waals surface area contributed by atoms with Crippen LogP contribution in [0.5, 0.6) is 0 Å². The maximum atomic E-state index is 5.14. The van der Waals surface area contributed by atoms with Crippen molar-refractivity contribution < 1.29 is 0 Å². The first kappa shape index (κ1) is 14.0. The van der Waals surface area contributed by atoms with Crippen molar-refractivity contribution in [2.45, 2.75) is 26.7 Å². The summed E-state index contributed by atoms with van der Waals surface area (Å²) in [6.07, 6.45) is 4.52. The van der Waals surface area contributed by atoms with E-state index in [4.69, 9.17) is 12.2 Å². The van der Waals surface area contributed by atoms with Crippen LogP contribution in [0.1, 0.15) is 26.7 Å². The summed E-state index contributed by atoms with van der Waals surface area (Å²) in [6.45, 7) is 6.37. The smallest absolute Gasteiger partial charge is 0.166 e. The lowest BCUT2D eigenvalue weighted by Crippen LogP contribution is -2.38. The zero-order valence-corrected chi connectivity index (χ0v) is 11.1. The van der Waals surface area contributed by atoms with Gasteiger partial charge in [-0.2, -0.15) is 11.8 Å². The third-order valence-corrected chi connectivity index (χ3v) is 3.07. The Morgan fingerprint density at radius 2 is 2.14 bits per heavy atom. The lowest BCUT2D eigenvalue weighted by Gasteiger charge is -2.13. The maximum absolute atomic E-state index is 5.14. The van der Waals surface area contributed by atoms with Crippen molar-refractivity contribution in [1.82, 2.24) is 10.6 Å². The minimum absolute atomic E-state index is 0.677. The largest absolute Gasteiger partial charge is 0.363 e. The molecule has 1 unspecified atom stereocenters. The Balaban J connectivity index is 3.34. The Morgan fingerprint density at radius 3 is 2.71 bits per heavy atom. The molecule has 0 rings (SSSR count). The number of hydrogen-bond acceptors (Lipinski definition) is 2. The topological polar surface area (TPSA) is 24.1 Å². The van der Waals surface area contributed by atoms with Gasteiger partial charge in [-0.1, -0.05) is 20.3 Å². The quantitative estimate of drug-likeness (QED) is 0.521. The monoisotopic (exact) mass is 234 g/mol. The normalized spacial score (nSPS) is 12.2. The van der Waals surface area contributed by atoms with Gasteiger partial charge in [-0.25, -0.2) is 0 Å². The molecule has 0 saturated heterocycles. The third kappa shape index (κ3) is 8.63. The highest BCUT2D eigenvalue weighted by atomic mass is 32.2. The molecule has 84 valence electrons. The van der Waals surface area contributed by atoms with Crippen LogP contribution < -0.4 is 10.6 Å². The highest BCUT2D eigenvalue weighted by Crippen LogP contribution is 2.02. The molecule has 0 aromatic carbocycles. The average molecular weight is 234 g/mol. The average Bonchev–Trinajstić information content (AvgIpc) is 2.16. The molecule has 0 bridgehead atoms. The molecule has 0 aliphatic rings. The molecule has 0 aliphatic heterocycles. The molecule has 0 fully saturated rings. The molecule has 2 N–H and O–H groups in total. The Morgan fingerprint density at radius 1 is 1.43 bits per heavy atom. The van der Waals surface area contributed by atoms with Crippen molar-refractivity contribution in [2.75, 3.05) is 25.1 Å². The van der Waals surface area contributed by atoms with E-state index in [9.17, 15) is 0 Å². The minimum atomic E-state index is 0.677. The molecular formula is C10H22N2S2. The van der Waals surface area contributed by atoms with Gasteiger partial charge in [-0.15, -0.1) is 0 Å². The molecule has 0 aromatic heterocycles. The van der Waals surface area contributed by atoms with E-state index in [1.54, 1.807) is 0 Å². The molecule has 0 saturated carbocycles. The summed E-state index contributed by atoms with van der Waals surface area (Å²) < 4.78 is 0. The molecule has 0 radical (unpaired) electrons. The zero-order valence-electron chi connectivity index (χ0n) is 9.43. The number of thiocarbonyl (C=S) groups is 1. The molecule has 14 heavy (non-hydrogen) atoms. The van der Waals surface area contributed by atoms with E-state index in [2.05, 4.69) is 30.7 Å². The van der Waals surface area contributed by atoms with Crippen LogP contribution in [0.2, 0.25) is 0 Å². The summed E-state index contributed by atoms with van der Waals surface area (Å²) in [7, 11) is 0. The predicted molar refractivity (Wildman–Crippen MR) is 71.1 cm³/mol. The van der Waals surface area contributed by atoms with E-state index in [1.165, 1.54) is 18.6 Å². The molecule has 4 heteroatoms. The van der Waals surface area contributed by atoms with Crippen molar-refractivity contribution in [3.8, 4) is 0 Å². The molecule has 0 spiro atoms. The third-order valence-electron chi connectivity index (χ3n) is 1.88. The highest BCUT2D eigenvalue weighted by Gasteiger charge is 2.01. The second-order valence-corrected chi connectivity index (χ2v) is 4.87. The van der Waals surface area contributed by atoms with Gasteiger partial charge in [0.2, 0.25) is 0 Å². The molecular weight excluding hydrogens is 212 g/mol. The summed E-state index contributed by atoms with van der Waals surface area (Å²) in [6, 6.07) is 0. The van der Waals surface area contributed by atoms with E-state index in [0.717, 1.165) is 18.2 Å². The minimum Gasteiger partial charge on any atom is -0.363 e. The van der Waals surface area contributed by atoms with Gasteiger partial charge in [-0.05, 0) is 36.6 Å². The van der Waals surface area contributed by atoms with Crippen molar-refractivity contribution in [2.24, 2.45) is 5.92 Å². The first-order valence-corrected chi connectivity index (χ1v) is 7.01. The van der Waals surface area contributed by atoms with Gasteiger partial charge < -0.3 is 10.6 Å². The van der Waals surface area contributed by atoms with Crippen LogP contribution in [-0.4, -0.2) is 30.2 Å². The lowest BCUT2D eigenvalue weighted by atomic mass is 10.2. The summed E-state index contributed by atoms with van der Waals surface area (Å²) >= 11 is 7.02. The van der Waals surface area contributed by atoms with Gasteiger partial charge in [0, 0.05) is 13.1 Å². The number of hydrogen-bond donors (Lipinski definition) is 2. The first-order chi connectivity index (χ1) is 6.70. The molecule has 0 amide bonds. The van der Waals surface area contributed by atoms with Crippen LogP contribution in [0.25, 0.3) is 0 Å². The number of unbranched alkanes of at least 4 members (excludes halogenated alkanes) is 1. The Kier molecular flexibility index (Phi) is 9.62.